The zero-order valence-electron chi connectivity index (χ0n) is 10.8. The summed E-state index contributed by atoms with van der Waals surface area (Å²) in [4.78, 5) is 11.6. The van der Waals surface area contributed by atoms with E-state index >= 15 is 0 Å². The van der Waals surface area contributed by atoms with Crippen molar-refractivity contribution < 1.29 is 14.3 Å². The van der Waals surface area contributed by atoms with Gasteiger partial charge in [0.25, 0.3) is 0 Å². The monoisotopic (exact) mass is 324 g/mol. The molecule has 0 unspecified atom stereocenters. The lowest BCUT2D eigenvalue weighted by molar-refractivity contribution is 0.0592. The van der Waals surface area contributed by atoms with E-state index in [9.17, 15) is 4.79 Å². The fourth-order valence-corrected chi connectivity index (χ4v) is 2.11. The fourth-order valence-electron chi connectivity index (χ4n) is 1.70. The highest BCUT2D eigenvalue weighted by molar-refractivity contribution is 9.10. The third-order valence-corrected chi connectivity index (χ3v) is 3.67. The number of ether oxygens (including phenoxy) is 2. The van der Waals surface area contributed by atoms with Gasteiger partial charge < -0.3 is 9.47 Å². The Kier molecular flexibility index (Phi) is 3.90. The molecule has 6 heteroatoms. The quantitative estimate of drug-likeness (QED) is 0.814. The molecule has 0 aliphatic carbocycles. The normalized spacial score (nSPS) is 10.3. The van der Waals surface area contributed by atoms with Crippen molar-refractivity contribution >= 4 is 21.9 Å². The molecular formula is C13H13BrN2O3. The van der Waals surface area contributed by atoms with E-state index in [-0.39, 0.29) is 5.69 Å². The molecule has 0 aliphatic heterocycles. The molecule has 0 bridgehead atoms. The van der Waals surface area contributed by atoms with Crippen LogP contribution in [0.3, 0.4) is 0 Å². The van der Waals surface area contributed by atoms with Crippen LogP contribution in [-0.4, -0.2) is 30.0 Å². The third kappa shape index (κ3) is 2.49. The van der Waals surface area contributed by atoms with Crippen LogP contribution in [0, 0.1) is 6.92 Å². The molecule has 1 aromatic carbocycles. The van der Waals surface area contributed by atoms with Gasteiger partial charge in [-0.25, -0.2) is 9.48 Å². The number of nitrogens with zero attached hydrogens (tertiary/aromatic N) is 2. The number of hydrogen-bond donors (Lipinski definition) is 0. The van der Waals surface area contributed by atoms with Gasteiger partial charge in [0.1, 0.15) is 5.75 Å². The van der Waals surface area contributed by atoms with Crippen LogP contribution in [0.4, 0.5) is 0 Å². The molecule has 0 saturated carbocycles. The van der Waals surface area contributed by atoms with Gasteiger partial charge in [-0.15, -0.1) is 0 Å². The molecule has 0 radical (unpaired) electrons. The Bertz CT molecular complexity index is 622. The second kappa shape index (κ2) is 5.44. The molecule has 2 aromatic rings. The highest BCUT2D eigenvalue weighted by Crippen LogP contribution is 2.25. The summed E-state index contributed by atoms with van der Waals surface area (Å²) < 4.78 is 12.2. The van der Waals surface area contributed by atoms with Gasteiger partial charge >= 0.3 is 5.97 Å². The lowest BCUT2D eigenvalue weighted by Crippen LogP contribution is -2.05. The van der Waals surface area contributed by atoms with Crippen LogP contribution in [0.2, 0.25) is 0 Å². The molecular weight excluding hydrogens is 312 g/mol. The topological polar surface area (TPSA) is 53.3 Å². The number of aromatic nitrogens is 2. The Labute approximate surface area is 119 Å². The summed E-state index contributed by atoms with van der Waals surface area (Å²) in [6.45, 7) is 1.86. The van der Waals surface area contributed by atoms with Crippen molar-refractivity contribution in [1.29, 1.82) is 0 Å². The molecule has 0 amide bonds. The van der Waals surface area contributed by atoms with Crippen molar-refractivity contribution in [2.24, 2.45) is 0 Å². The number of benzene rings is 1. The zero-order valence-corrected chi connectivity index (χ0v) is 12.4. The van der Waals surface area contributed by atoms with E-state index in [0.717, 1.165) is 17.1 Å². The minimum atomic E-state index is -0.475. The molecule has 0 N–H and O–H groups in total. The van der Waals surface area contributed by atoms with Crippen LogP contribution >= 0.6 is 15.9 Å². The van der Waals surface area contributed by atoms with Crippen LogP contribution in [0.25, 0.3) is 5.69 Å². The molecule has 1 aromatic heterocycles. The molecule has 2 rings (SSSR count). The van der Waals surface area contributed by atoms with Crippen LogP contribution in [0.15, 0.2) is 28.7 Å². The molecule has 19 heavy (non-hydrogen) atoms. The molecule has 0 atom stereocenters. The Hall–Kier alpha value is -1.82. The van der Waals surface area contributed by atoms with Gasteiger partial charge in [-0.2, -0.15) is 5.10 Å². The zero-order chi connectivity index (χ0) is 14.0. The first-order valence-corrected chi connectivity index (χ1v) is 6.35. The number of carbonyl (C=O) groups is 1. The van der Waals surface area contributed by atoms with E-state index in [1.807, 2.05) is 31.2 Å². The van der Waals surface area contributed by atoms with Gasteiger partial charge in [0.2, 0.25) is 0 Å². The van der Waals surface area contributed by atoms with E-state index in [1.165, 1.54) is 7.11 Å². The maximum atomic E-state index is 11.6. The summed E-state index contributed by atoms with van der Waals surface area (Å²) in [5.74, 6) is 0.250. The molecule has 5 nitrogen and oxygen atoms in total. The van der Waals surface area contributed by atoms with E-state index < -0.39 is 5.97 Å². The van der Waals surface area contributed by atoms with Crippen LogP contribution < -0.4 is 4.74 Å². The molecule has 1 heterocycles. The third-order valence-electron chi connectivity index (χ3n) is 2.72. The summed E-state index contributed by atoms with van der Waals surface area (Å²) in [7, 11) is 2.93. The Morgan fingerprint density at radius 3 is 2.74 bits per heavy atom. The smallest absolute Gasteiger partial charge is 0.359 e. The second-order valence-corrected chi connectivity index (χ2v) is 4.65. The lowest BCUT2D eigenvalue weighted by atomic mass is 10.3. The van der Waals surface area contributed by atoms with E-state index in [4.69, 9.17) is 9.47 Å². The maximum Gasteiger partial charge on any atom is 0.359 e. The number of carbonyl (C=O) groups excluding carboxylic acids is 1. The van der Waals surface area contributed by atoms with Crippen molar-refractivity contribution in [3.63, 3.8) is 0 Å². The molecule has 0 saturated heterocycles. The van der Waals surface area contributed by atoms with Crippen LogP contribution in [0.5, 0.6) is 5.75 Å². The van der Waals surface area contributed by atoms with Crippen molar-refractivity contribution in [3.8, 4) is 11.4 Å². The Morgan fingerprint density at radius 1 is 1.37 bits per heavy atom. The highest BCUT2D eigenvalue weighted by atomic mass is 79.9. The number of esters is 1. The Balaban J connectivity index is 2.53. The number of methoxy groups -OCH3 is 2. The van der Waals surface area contributed by atoms with E-state index in [0.29, 0.717) is 4.47 Å². The maximum absolute atomic E-state index is 11.6. The van der Waals surface area contributed by atoms with Gasteiger partial charge in [-0.3, -0.25) is 0 Å². The number of rotatable bonds is 3. The van der Waals surface area contributed by atoms with Crippen molar-refractivity contribution in [1.82, 2.24) is 9.78 Å². The van der Waals surface area contributed by atoms with Crippen LogP contribution in [-0.2, 0) is 4.74 Å². The average molecular weight is 325 g/mol. The first-order valence-electron chi connectivity index (χ1n) is 5.56. The van der Waals surface area contributed by atoms with Gasteiger partial charge in [-0.1, -0.05) is 6.07 Å². The first-order chi connectivity index (χ1) is 9.08. The SMILES string of the molecule is COC(=O)c1nn(-c2cccc(OC)c2)c(C)c1Br. The predicted molar refractivity (Wildman–Crippen MR) is 73.9 cm³/mol. The number of halogens is 1. The molecule has 0 spiro atoms. The van der Waals surface area contributed by atoms with Gasteiger partial charge in [0, 0.05) is 6.07 Å². The highest BCUT2D eigenvalue weighted by Gasteiger charge is 2.20. The molecule has 0 aliphatic rings. The van der Waals surface area contributed by atoms with Crippen molar-refractivity contribution in [3.05, 3.63) is 40.1 Å². The molecule has 0 fully saturated rings. The fraction of sp³-hybridized carbons (Fsp3) is 0.231. The summed E-state index contributed by atoms with van der Waals surface area (Å²) >= 11 is 3.36. The van der Waals surface area contributed by atoms with Crippen LogP contribution in [0.1, 0.15) is 16.2 Å². The van der Waals surface area contributed by atoms with Gasteiger partial charge in [0.05, 0.1) is 30.1 Å². The van der Waals surface area contributed by atoms with Gasteiger partial charge in [0.15, 0.2) is 5.69 Å². The second-order valence-electron chi connectivity index (χ2n) is 3.85. The standard InChI is InChI=1S/C13H13BrN2O3/c1-8-11(14)12(13(17)19-3)15-16(8)9-5-4-6-10(7-9)18-2/h4-7H,1-3H3. The van der Waals surface area contributed by atoms with E-state index in [2.05, 4.69) is 21.0 Å². The van der Waals surface area contributed by atoms with Gasteiger partial charge in [-0.05, 0) is 35.0 Å². The lowest BCUT2D eigenvalue weighted by Gasteiger charge is -2.06. The summed E-state index contributed by atoms with van der Waals surface area (Å²) in [5.41, 5.74) is 1.88. The first kappa shape index (κ1) is 13.6. The molecule has 100 valence electrons. The average Bonchev–Trinajstić information content (AvgIpc) is 2.75. The van der Waals surface area contributed by atoms with Crippen molar-refractivity contribution in [2.45, 2.75) is 6.92 Å². The predicted octanol–water partition coefficient (Wildman–Crippen LogP) is 2.74. The summed E-state index contributed by atoms with van der Waals surface area (Å²) in [5, 5.41) is 4.27. The minimum absolute atomic E-state index is 0.253. The Morgan fingerprint density at radius 2 is 2.11 bits per heavy atom. The van der Waals surface area contributed by atoms with E-state index in [1.54, 1.807) is 11.8 Å². The summed E-state index contributed by atoms with van der Waals surface area (Å²) in [6, 6.07) is 7.43. The minimum Gasteiger partial charge on any atom is -0.497 e. The van der Waals surface area contributed by atoms with Crippen molar-refractivity contribution in [2.75, 3.05) is 14.2 Å². The number of hydrogen-bond acceptors (Lipinski definition) is 4. The largest absolute Gasteiger partial charge is 0.497 e. The summed E-state index contributed by atoms with van der Waals surface area (Å²) in [6.07, 6.45) is 0.